The molecule has 3 rings (SSSR count). The summed E-state index contributed by atoms with van der Waals surface area (Å²) in [4.78, 5) is 29.6. The fourth-order valence-corrected chi connectivity index (χ4v) is 3.53. The maximum atomic E-state index is 12.4. The van der Waals surface area contributed by atoms with E-state index in [0.717, 1.165) is 29.0 Å². The number of rotatable bonds is 5. The van der Waals surface area contributed by atoms with Gasteiger partial charge >= 0.3 is 0 Å². The van der Waals surface area contributed by atoms with Crippen LogP contribution in [0.25, 0.3) is 11.3 Å². The van der Waals surface area contributed by atoms with Gasteiger partial charge in [-0.25, -0.2) is 4.98 Å². The highest BCUT2D eigenvalue weighted by molar-refractivity contribution is 7.16. The first-order valence-corrected chi connectivity index (χ1v) is 9.34. The van der Waals surface area contributed by atoms with Gasteiger partial charge in [-0.15, -0.1) is 11.3 Å². The van der Waals surface area contributed by atoms with Crippen LogP contribution >= 0.6 is 11.3 Å². The maximum absolute atomic E-state index is 12.4. The minimum atomic E-state index is -0.332. The van der Waals surface area contributed by atoms with Crippen LogP contribution in [0.15, 0.2) is 47.4 Å². The Morgan fingerprint density at radius 3 is 2.62 bits per heavy atom. The number of carbonyl (C=O) groups is 1. The predicted molar refractivity (Wildman–Crippen MR) is 106 cm³/mol. The third-order valence-electron chi connectivity index (χ3n) is 4.15. The average molecular weight is 367 g/mol. The number of aromatic nitrogens is 2. The zero-order valence-electron chi connectivity index (χ0n) is 15.1. The van der Waals surface area contributed by atoms with Crippen molar-refractivity contribution >= 4 is 22.4 Å². The third-order valence-corrected chi connectivity index (χ3v) is 5.04. The highest BCUT2D eigenvalue weighted by atomic mass is 32.1. The number of carbonyl (C=O) groups excluding carboxylic acids is 1. The fourth-order valence-electron chi connectivity index (χ4n) is 2.69. The molecule has 134 valence electrons. The number of nitrogens with one attached hydrogen (secondary N) is 1. The number of nitrogens with zero attached hydrogens (tertiary/aromatic N) is 2. The van der Waals surface area contributed by atoms with E-state index in [-0.39, 0.29) is 11.5 Å². The van der Waals surface area contributed by atoms with Gasteiger partial charge in [0.05, 0.1) is 5.69 Å². The Balaban J connectivity index is 1.80. The van der Waals surface area contributed by atoms with Crippen molar-refractivity contribution in [2.24, 2.45) is 7.05 Å². The van der Waals surface area contributed by atoms with Crippen molar-refractivity contribution in [3.8, 4) is 11.3 Å². The lowest BCUT2D eigenvalue weighted by molar-refractivity contribution is 0.102. The van der Waals surface area contributed by atoms with Gasteiger partial charge in [0.2, 0.25) is 0 Å². The maximum Gasteiger partial charge on any atom is 0.257 e. The molecule has 0 aliphatic rings. The van der Waals surface area contributed by atoms with Crippen LogP contribution in [0.4, 0.5) is 5.13 Å². The summed E-state index contributed by atoms with van der Waals surface area (Å²) in [6.45, 7) is 4.15. The van der Waals surface area contributed by atoms with E-state index >= 15 is 0 Å². The second-order valence-corrected chi connectivity index (χ2v) is 7.39. The lowest BCUT2D eigenvalue weighted by Gasteiger charge is -2.03. The van der Waals surface area contributed by atoms with Gasteiger partial charge in [0.15, 0.2) is 5.13 Å². The van der Waals surface area contributed by atoms with Crippen LogP contribution < -0.4 is 10.9 Å². The standard InChI is InChI=1S/C20H21N3O2S/c1-4-5-14-6-8-15(9-7-14)18-13(2)26-20(21-18)22-19(25)16-10-11-23(3)17(24)12-16/h6-12H,4-5H2,1-3H3,(H,21,22,25). The molecule has 0 aliphatic heterocycles. The minimum absolute atomic E-state index is 0.221. The van der Waals surface area contributed by atoms with Crippen molar-refractivity contribution in [3.05, 3.63) is 69.0 Å². The molecule has 0 saturated carbocycles. The first kappa shape index (κ1) is 18.1. The van der Waals surface area contributed by atoms with Gasteiger partial charge in [-0.3, -0.25) is 14.9 Å². The molecule has 2 aromatic heterocycles. The van der Waals surface area contributed by atoms with Crippen LogP contribution in [0.2, 0.25) is 0 Å². The zero-order valence-corrected chi connectivity index (χ0v) is 15.9. The topological polar surface area (TPSA) is 64.0 Å². The molecule has 0 radical (unpaired) electrons. The SMILES string of the molecule is CCCc1ccc(-c2nc(NC(=O)c3ccn(C)c(=O)c3)sc2C)cc1. The Morgan fingerprint density at radius 2 is 1.96 bits per heavy atom. The lowest BCUT2D eigenvalue weighted by Crippen LogP contribution is -2.19. The van der Waals surface area contributed by atoms with E-state index < -0.39 is 0 Å². The normalized spacial score (nSPS) is 10.7. The molecule has 1 N–H and O–H groups in total. The van der Waals surface area contributed by atoms with Crippen molar-refractivity contribution in [3.63, 3.8) is 0 Å². The summed E-state index contributed by atoms with van der Waals surface area (Å²) < 4.78 is 1.42. The van der Waals surface area contributed by atoms with E-state index in [2.05, 4.69) is 41.5 Å². The second kappa shape index (κ2) is 7.66. The van der Waals surface area contributed by atoms with Crippen molar-refractivity contribution in [1.82, 2.24) is 9.55 Å². The molecule has 0 fully saturated rings. The van der Waals surface area contributed by atoms with E-state index in [1.54, 1.807) is 19.3 Å². The van der Waals surface area contributed by atoms with E-state index in [0.29, 0.717) is 10.7 Å². The Hall–Kier alpha value is -2.73. The molecule has 6 heteroatoms. The lowest BCUT2D eigenvalue weighted by atomic mass is 10.1. The summed E-state index contributed by atoms with van der Waals surface area (Å²) in [6, 6.07) is 11.3. The molecular formula is C20H21N3O2S. The van der Waals surface area contributed by atoms with Gasteiger partial charge < -0.3 is 4.57 Å². The van der Waals surface area contributed by atoms with Gasteiger partial charge in [0.1, 0.15) is 0 Å². The minimum Gasteiger partial charge on any atom is -0.319 e. The molecule has 0 atom stereocenters. The first-order chi connectivity index (χ1) is 12.5. The smallest absolute Gasteiger partial charge is 0.257 e. The number of amides is 1. The Kier molecular flexibility index (Phi) is 5.32. The van der Waals surface area contributed by atoms with E-state index in [4.69, 9.17) is 0 Å². The Morgan fingerprint density at radius 1 is 1.23 bits per heavy atom. The fraction of sp³-hybridized carbons (Fsp3) is 0.250. The first-order valence-electron chi connectivity index (χ1n) is 8.52. The molecule has 0 aliphatic carbocycles. The summed E-state index contributed by atoms with van der Waals surface area (Å²) in [6.07, 6.45) is 3.76. The Labute approximate surface area is 156 Å². The molecule has 0 saturated heterocycles. The number of hydrogen-bond donors (Lipinski definition) is 1. The highest BCUT2D eigenvalue weighted by Gasteiger charge is 2.14. The molecule has 0 unspecified atom stereocenters. The monoisotopic (exact) mass is 367 g/mol. The largest absolute Gasteiger partial charge is 0.319 e. The van der Waals surface area contributed by atoms with Crippen LogP contribution in [0.5, 0.6) is 0 Å². The van der Waals surface area contributed by atoms with E-state index in [1.807, 2.05) is 6.92 Å². The van der Waals surface area contributed by atoms with Crippen molar-refractivity contribution in [2.75, 3.05) is 5.32 Å². The van der Waals surface area contributed by atoms with Crippen LogP contribution in [-0.4, -0.2) is 15.5 Å². The van der Waals surface area contributed by atoms with Crippen LogP contribution in [-0.2, 0) is 13.5 Å². The van der Waals surface area contributed by atoms with Crippen molar-refractivity contribution < 1.29 is 4.79 Å². The van der Waals surface area contributed by atoms with Crippen LogP contribution in [0, 0.1) is 6.92 Å². The molecule has 3 aromatic rings. The van der Waals surface area contributed by atoms with E-state index in [1.165, 1.54) is 27.5 Å². The molecule has 0 bridgehead atoms. The molecule has 1 amide bonds. The molecule has 2 heterocycles. The summed E-state index contributed by atoms with van der Waals surface area (Å²) in [5.41, 5.74) is 3.32. The van der Waals surface area contributed by atoms with E-state index in [9.17, 15) is 9.59 Å². The van der Waals surface area contributed by atoms with Crippen LogP contribution in [0.1, 0.15) is 34.1 Å². The number of benzene rings is 1. The predicted octanol–water partition coefficient (Wildman–Crippen LogP) is 4.02. The van der Waals surface area contributed by atoms with Gasteiger partial charge in [-0.1, -0.05) is 37.6 Å². The molecule has 26 heavy (non-hydrogen) atoms. The molecular weight excluding hydrogens is 346 g/mol. The van der Waals surface area contributed by atoms with Crippen molar-refractivity contribution in [1.29, 1.82) is 0 Å². The number of anilines is 1. The number of thiazole rings is 1. The highest BCUT2D eigenvalue weighted by Crippen LogP contribution is 2.30. The zero-order chi connectivity index (χ0) is 18.7. The number of pyridine rings is 1. The quantitative estimate of drug-likeness (QED) is 0.741. The van der Waals surface area contributed by atoms with Crippen LogP contribution in [0.3, 0.4) is 0 Å². The number of aryl methyl sites for hydroxylation is 3. The molecule has 1 aromatic carbocycles. The third kappa shape index (κ3) is 3.91. The summed E-state index contributed by atoms with van der Waals surface area (Å²) in [5.74, 6) is -0.332. The van der Waals surface area contributed by atoms with Gasteiger partial charge in [-0.2, -0.15) is 0 Å². The summed E-state index contributed by atoms with van der Waals surface area (Å²) in [7, 11) is 1.65. The average Bonchev–Trinajstić information content (AvgIpc) is 2.98. The van der Waals surface area contributed by atoms with Gasteiger partial charge in [0.25, 0.3) is 11.5 Å². The summed E-state index contributed by atoms with van der Waals surface area (Å²) in [5, 5.41) is 3.32. The van der Waals surface area contributed by atoms with Gasteiger partial charge in [-0.05, 0) is 25.0 Å². The molecule has 0 spiro atoms. The van der Waals surface area contributed by atoms with Gasteiger partial charge in [0, 0.05) is 35.3 Å². The summed E-state index contributed by atoms with van der Waals surface area (Å²) >= 11 is 1.43. The van der Waals surface area contributed by atoms with Crippen molar-refractivity contribution in [2.45, 2.75) is 26.7 Å². The number of hydrogen-bond acceptors (Lipinski definition) is 4. The Bertz CT molecular complexity index is 987. The second-order valence-electron chi connectivity index (χ2n) is 6.19. The molecule has 5 nitrogen and oxygen atoms in total.